The summed E-state index contributed by atoms with van der Waals surface area (Å²) in [6.45, 7) is 28.5. The minimum Gasteiger partial charge on any atom is -0.512 e. The summed E-state index contributed by atoms with van der Waals surface area (Å²) in [5.41, 5.74) is 11.3. The van der Waals surface area contributed by atoms with Crippen LogP contribution >= 0.6 is 0 Å². The second-order valence-corrected chi connectivity index (χ2v) is 29.0. The van der Waals surface area contributed by atoms with Gasteiger partial charge in [0.25, 0.3) is 5.92 Å². The average molecular weight is 2390 g/mol. The standard InChI is InChI=1S/C36H48N2O2.C17H8F2.C11H6F2N.2C11H7FN.C5H8O2.4Ir.Pt/c1-33(2,3)25-17-23(31(39)27(19-25)35(7,8)9)21-37-29-15-13-14-16-30(29)38-22-24-18-26(34(4,5)6)20-28(32(24)40)36(10,11)12;18-17(19)14-9-2-1-7-12(14)13-8-3-5-11-6-4-10-15(17)16(11)13;12-8-4-5-9(10(13)7-8)11-3-1-2-6-14-11;2*12-10-6-4-9(5-7-10)11-3-1-2-8-13-11;1-4(6)3-5(2)7;;;;;/h13-22,39-40H,1-12H3;1-6,9-10H;1-4,6-7H;2*1-4,6-8H;3,6H,1-2H3;;;;;/q;-2;3*-1;;;;;;. The number of alkyl halides is 2. The number of allylic oxidation sites excluding steroid dienone is 2. The molecule has 0 fully saturated rings. The van der Waals surface area contributed by atoms with Crippen LogP contribution in [0.5, 0.6) is 11.5 Å². The number of aromatic hydroxyl groups is 2. The number of hydrogen-bond acceptors (Lipinski definition) is 9. The van der Waals surface area contributed by atoms with E-state index in [1.807, 2.05) is 84.9 Å². The van der Waals surface area contributed by atoms with Gasteiger partial charge in [-0.05, 0) is 112 Å². The Kier molecular flexibility index (Phi) is 37.6. The Labute approximate surface area is 716 Å². The predicted octanol–water partition coefficient (Wildman–Crippen LogP) is 23.6. The van der Waals surface area contributed by atoms with Gasteiger partial charge in [-0.2, -0.15) is 24.3 Å². The second kappa shape index (κ2) is 43.1. The molecule has 0 saturated carbocycles. The fourth-order valence-corrected chi connectivity index (χ4v) is 10.9. The van der Waals surface area contributed by atoms with Crippen molar-refractivity contribution in [2.45, 2.75) is 125 Å². The van der Waals surface area contributed by atoms with Crippen LogP contribution in [0.15, 0.2) is 241 Å². The van der Waals surface area contributed by atoms with Gasteiger partial charge in [0, 0.05) is 184 Å². The molecule has 9 nitrogen and oxygen atoms in total. The average Bonchev–Trinajstić information content (AvgIpc) is 0.722. The maximum Gasteiger partial charge on any atom is 0.250 e. The van der Waals surface area contributed by atoms with Gasteiger partial charge < -0.3 is 30.3 Å². The molecule has 111 heavy (non-hydrogen) atoms. The van der Waals surface area contributed by atoms with Crippen molar-refractivity contribution >= 4 is 40.4 Å². The number of aromatic nitrogens is 3. The summed E-state index contributed by atoms with van der Waals surface area (Å²) in [7, 11) is 0. The van der Waals surface area contributed by atoms with Crippen LogP contribution in [-0.4, -0.2) is 48.5 Å². The molecule has 1 aliphatic rings. The summed E-state index contributed by atoms with van der Waals surface area (Å²) in [6, 6.07) is 70.4. The summed E-state index contributed by atoms with van der Waals surface area (Å²) in [4.78, 5) is 31.8. The van der Waals surface area contributed by atoms with E-state index in [0.717, 1.165) is 67.9 Å². The molecule has 3 N–H and O–H groups in total. The molecule has 12 aromatic rings. The van der Waals surface area contributed by atoms with Crippen molar-refractivity contribution in [3.63, 3.8) is 0 Å². The Morgan fingerprint density at radius 2 is 0.883 bits per heavy atom. The number of aliphatic hydroxyl groups excluding tert-OH is 1. The van der Waals surface area contributed by atoms with Gasteiger partial charge in [-0.3, -0.25) is 32.3 Å². The number of aliphatic imine (C=N–C) groups is 2. The number of carbonyl (C=O) groups is 1. The van der Waals surface area contributed by atoms with Crippen molar-refractivity contribution in [1.82, 2.24) is 15.0 Å². The Bertz CT molecular complexity index is 4890. The maximum absolute atomic E-state index is 14.6. The number of carbonyl (C=O) groups excluding carboxylic acids is 1. The molecule has 0 saturated heterocycles. The largest absolute Gasteiger partial charge is 0.512 e. The molecule has 13 rings (SSSR count). The molecule has 0 bridgehead atoms. The fourth-order valence-electron chi connectivity index (χ4n) is 10.9. The summed E-state index contributed by atoms with van der Waals surface area (Å²) in [5.74, 6) is -4.38. The first kappa shape index (κ1) is 96.9. The van der Waals surface area contributed by atoms with Crippen LogP contribution in [0.4, 0.5) is 37.7 Å². The van der Waals surface area contributed by atoms with Gasteiger partial charge in [0.2, 0.25) is 0 Å². The third kappa shape index (κ3) is 27.2. The zero-order valence-electron chi connectivity index (χ0n) is 63.4. The number of rotatable bonds is 8. The summed E-state index contributed by atoms with van der Waals surface area (Å²) >= 11 is 0. The zero-order valence-corrected chi connectivity index (χ0v) is 75.3. The van der Waals surface area contributed by atoms with Crippen molar-refractivity contribution < 1.29 is 148 Å². The molecule has 9 aromatic carbocycles. The monoisotopic (exact) mass is 2390 g/mol. The molecular formula is C91H84F6Ir4N5O4Pt-5. The molecule has 0 unspecified atom stereocenters. The number of benzene rings is 9. The molecule has 1 aliphatic carbocycles. The van der Waals surface area contributed by atoms with Gasteiger partial charge in [-0.25, -0.2) is 19.9 Å². The molecule has 0 aliphatic heterocycles. The normalized spacial score (nSPS) is 11.8. The van der Waals surface area contributed by atoms with E-state index in [1.165, 1.54) is 56.3 Å². The van der Waals surface area contributed by atoms with E-state index in [9.17, 15) is 41.4 Å². The first-order valence-corrected chi connectivity index (χ1v) is 34.1. The first-order chi connectivity index (χ1) is 50.0. The number of phenols is 2. The van der Waals surface area contributed by atoms with Gasteiger partial charge in [0.15, 0.2) is 5.78 Å². The molecule has 4 radical (unpaired) electrons. The smallest absolute Gasteiger partial charge is 0.250 e. The van der Waals surface area contributed by atoms with Gasteiger partial charge in [0.1, 0.15) is 11.5 Å². The van der Waals surface area contributed by atoms with Crippen LogP contribution in [0.1, 0.15) is 141 Å². The predicted molar refractivity (Wildman–Crippen MR) is 414 cm³/mol. The Hall–Kier alpha value is -8.29. The number of pyridine rings is 3. The molecule has 3 aromatic heterocycles. The van der Waals surface area contributed by atoms with Gasteiger partial charge >= 0.3 is 0 Å². The number of para-hydroxylation sites is 2. The summed E-state index contributed by atoms with van der Waals surface area (Å²) < 4.78 is 80.1. The fraction of sp³-hybridized carbons (Fsp3) is 0.209. The Morgan fingerprint density at radius 3 is 1.27 bits per heavy atom. The van der Waals surface area contributed by atoms with E-state index in [-0.39, 0.29) is 175 Å². The molecule has 20 heteroatoms. The molecule has 3 heterocycles. The molecular weight excluding hydrogens is 2300 g/mol. The third-order valence-corrected chi connectivity index (χ3v) is 16.4. The second-order valence-electron chi connectivity index (χ2n) is 29.0. The number of halogens is 6. The number of ketones is 1. The van der Waals surface area contributed by atoms with E-state index in [1.54, 1.807) is 85.6 Å². The van der Waals surface area contributed by atoms with Gasteiger partial charge in [-0.15, -0.1) is 101 Å². The van der Waals surface area contributed by atoms with E-state index in [2.05, 4.69) is 141 Å². The van der Waals surface area contributed by atoms with E-state index < -0.39 is 17.6 Å². The molecule has 590 valence electrons. The van der Waals surface area contributed by atoms with Crippen LogP contribution in [0, 0.1) is 53.6 Å². The van der Waals surface area contributed by atoms with Gasteiger partial charge in [-0.1, -0.05) is 179 Å². The van der Waals surface area contributed by atoms with Crippen molar-refractivity contribution in [3.8, 4) is 56.4 Å². The number of phenolic OH excluding ortho intramolecular Hbond substituents is 2. The van der Waals surface area contributed by atoms with E-state index in [0.29, 0.717) is 39.1 Å². The minimum atomic E-state index is -2.98. The van der Waals surface area contributed by atoms with Crippen LogP contribution < -0.4 is 0 Å². The van der Waals surface area contributed by atoms with Crippen LogP contribution in [0.2, 0.25) is 0 Å². The molecule has 0 amide bonds. The maximum atomic E-state index is 14.6. The van der Waals surface area contributed by atoms with Crippen molar-refractivity contribution in [2.75, 3.05) is 0 Å². The third-order valence-electron chi connectivity index (χ3n) is 16.4. The first-order valence-electron chi connectivity index (χ1n) is 34.1. The van der Waals surface area contributed by atoms with Gasteiger partial charge in [0.05, 0.1) is 17.1 Å². The molecule has 0 spiro atoms. The van der Waals surface area contributed by atoms with E-state index >= 15 is 0 Å². The SMILES string of the molecule is CC(=O)C=C(C)O.CC(C)(C)c1cc(C=Nc2ccccc2N=Cc2cc(C(C)(C)C)cc(C(C)(C)C)c2O)c(O)c(C(C)(C)C)c1.FC1(F)c2ccc[c-]c2-c2[c-]ccc3cccc1c23.Fc1c[c-]c(-c2ccccn2)c(F)c1.Fc1c[c-]c(-c2ccccn2)cc1.Fc1c[c-]c(-c2ccccn2)cc1.[Ir].[Ir].[Ir].[Ir].[Pt]. The van der Waals surface area contributed by atoms with Crippen LogP contribution in [0.3, 0.4) is 0 Å². The Balaban J connectivity index is 0.000000375. The van der Waals surface area contributed by atoms with Crippen molar-refractivity contribution in [2.24, 2.45) is 9.98 Å². The number of aliphatic hydroxyl groups is 1. The molecule has 0 atom stereocenters. The quantitative estimate of drug-likeness (QED) is 0.0452. The summed E-state index contributed by atoms with van der Waals surface area (Å²) in [6.07, 6.45) is 9.57. The number of nitrogens with zero attached hydrogens (tertiary/aromatic N) is 5. The van der Waals surface area contributed by atoms with Crippen molar-refractivity contribution in [3.05, 3.63) is 329 Å². The zero-order chi connectivity index (χ0) is 77.3. The number of fused-ring (bicyclic) bond motifs is 2. The topological polar surface area (TPSA) is 141 Å². The number of hydrogen-bond donors (Lipinski definition) is 3. The Morgan fingerprint density at radius 1 is 0.450 bits per heavy atom. The van der Waals surface area contributed by atoms with E-state index in [4.69, 9.17) is 15.1 Å². The minimum absolute atomic E-state index is 0. The van der Waals surface area contributed by atoms with Crippen LogP contribution in [0.25, 0.3) is 55.7 Å². The van der Waals surface area contributed by atoms with Crippen molar-refractivity contribution in [1.29, 1.82) is 0 Å². The van der Waals surface area contributed by atoms with Crippen LogP contribution in [-0.2, 0) is 134 Å². The summed E-state index contributed by atoms with van der Waals surface area (Å²) in [5, 5.41) is 32.1.